The average Bonchev–Trinajstić information content (AvgIpc) is 3.11. The molecule has 1 aromatic heterocycles. The van der Waals surface area contributed by atoms with Crippen molar-refractivity contribution >= 4 is 5.91 Å². The first-order valence-corrected chi connectivity index (χ1v) is 9.55. The molecule has 0 fully saturated rings. The maximum atomic E-state index is 11.8. The summed E-state index contributed by atoms with van der Waals surface area (Å²) in [7, 11) is 3.37. The highest BCUT2D eigenvalue weighted by Crippen LogP contribution is 2.31. The van der Waals surface area contributed by atoms with Gasteiger partial charge in [-0.2, -0.15) is 5.10 Å². The Hall–Kier alpha value is -2.58. The Morgan fingerprint density at radius 2 is 2.00 bits per heavy atom. The minimum absolute atomic E-state index is 0.0460. The van der Waals surface area contributed by atoms with Crippen molar-refractivity contribution in [2.24, 2.45) is 0 Å². The summed E-state index contributed by atoms with van der Waals surface area (Å²) < 4.78 is 13.2. The Morgan fingerprint density at radius 1 is 1.21 bits per heavy atom. The summed E-state index contributed by atoms with van der Waals surface area (Å²) in [5, 5.41) is 14.8. The Balaban J connectivity index is 1.41. The highest BCUT2D eigenvalue weighted by molar-refractivity contribution is 5.76. The van der Waals surface area contributed by atoms with E-state index in [2.05, 4.69) is 16.1 Å². The van der Waals surface area contributed by atoms with Crippen molar-refractivity contribution in [3.05, 3.63) is 41.2 Å². The van der Waals surface area contributed by atoms with E-state index in [1.807, 2.05) is 22.9 Å². The fourth-order valence-electron chi connectivity index (χ4n) is 3.54. The van der Waals surface area contributed by atoms with Crippen LogP contribution < -0.4 is 9.47 Å². The lowest BCUT2D eigenvalue weighted by Gasteiger charge is -2.28. The third kappa shape index (κ3) is 3.98. The number of fused-ring (bicyclic) bond motifs is 2. The molecule has 1 atom stereocenters. The monoisotopic (exact) mass is 386 g/mol. The second-order valence-electron chi connectivity index (χ2n) is 7.48. The number of rotatable bonds is 5. The number of aliphatic hydroxyl groups is 1. The highest BCUT2D eigenvalue weighted by atomic mass is 16.6. The van der Waals surface area contributed by atoms with E-state index in [1.165, 1.54) is 10.5 Å². The van der Waals surface area contributed by atoms with Crippen LogP contribution in [0.4, 0.5) is 0 Å². The van der Waals surface area contributed by atoms with Crippen LogP contribution in [0.5, 0.6) is 11.5 Å². The number of amides is 1. The zero-order valence-electron chi connectivity index (χ0n) is 16.3. The second kappa shape index (κ2) is 7.81. The van der Waals surface area contributed by atoms with Crippen LogP contribution in [0, 0.1) is 0 Å². The molecule has 1 aromatic carbocycles. The molecule has 0 saturated carbocycles. The van der Waals surface area contributed by atoms with Crippen molar-refractivity contribution in [1.29, 1.82) is 0 Å². The minimum atomic E-state index is -0.876. The van der Waals surface area contributed by atoms with Gasteiger partial charge in [-0.05, 0) is 23.8 Å². The van der Waals surface area contributed by atoms with Crippen LogP contribution in [0.2, 0.25) is 0 Å². The van der Waals surface area contributed by atoms with Crippen molar-refractivity contribution in [2.75, 3.05) is 33.9 Å². The fourth-order valence-corrected chi connectivity index (χ4v) is 3.54. The maximum Gasteiger partial charge on any atom is 0.225 e. The number of ether oxygens (including phenoxy) is 2. The van der Waals surface area contributed by atoms with E-state index >= 15 is 0 Å². The van der Waals surface area contributed by atoms with E-state index in [-0.39, 0.29) is 12.3 Å². The summed E-state index contributed by atoms with van der Waals surface area (Å²) in [4.78, 5) is 15.6. The molecule has 1 N–H and O–H groups in total. The van der Waals surface area contributed by atoms with Crippen LogP contribution in [0.15, 0.2) is 24.3 Å². The van der Waals surface area contributed by atoms with Gasteiger partial charge < -0.3 is 19.5 Å². The Bertz CT molecular complexity index is 864. The van der Waals surface area contributed by atoms with Gasteiger partial charge in [0.25, 0.3) is 0 Å². The first-order valence-electron chi connectivity index (χ1n) is 9.55. The quantitative estimate of drug-likeness (QED) is 0.831. The van der Waals surface area contributed by atoms with Crippen molar-refractivity contribution in [3.63, 3.8) is 0 Å². The Morgan fingerprint density at radius 3 is 2.79 bits per heavy atom. The Kier molecular flexibility index (Phi) is 5.23. The molecule has 0 spiro atoms. The van der Waals surface area contributed by atoms with Crippen LogP contribution in [-0.4, -0.2) is 64.4 Å². The highest BCUT2D eigenvalue weighted by Gasteiger charge is 2.23. The Labute approximate surface area is 164 Å². The van der Waals surface area contributed by atoms with E-state index in [0.717, 1.165) is 43.4 Å². The van der Waals surface area contributed by atoms with Gasteiger partial charge in [-0.3, -0.25) is 14.4 Å². The van der Waals surface area contributed by atoms with Gasteiger partial charge in [-0.25, -0.2) is 0 Å². The lowest BCUT2D eigenvalue weighted by molar-refractivity contribution is -0.130. The van der Waals surface area contributed by atoms with Gasteiger partial charge in [0, 0.05) is 33.7 Å². The molecule has 2 aromatic rings. The topological polar surface area (TPSA) is 80.1 Å². The SMILES string of the molecule is CN(C)C(=O)C[C@H](O)c1cc2n(n1)CCN(Cc1ccc3c(c1)OCCO3)C2. The molecule has 8 heteroatoms. The molecule has 0 saturated heterocycles. The summed E-state index contributed by atoms with van der Waals surface area (Å²) in [6, 6.07) is 7.99. The van der Waals surface area contributed by atoms with Crippen molar-refractivity contribution in [2.45, 2.75) is 32.2 Å². The molecule has 150 valence electrons. The van der Waals surface area contributed by atoms with E-state index < -0.39 is 6.10 Å². The van der Waals surface area contributed by atoms with Crippen LogP contribution in [0.1, 0.15) is 29.5 Å². The van der Waals surface area contributed by atoms with Gasteiger partial charge in [0.2, 0.25) is 5.91 Å². The molecule has 28 heavy (non-hydrogen) atoms. The second-order valence-corrected chi connectivity index (χ2v) is 7.48. The van der Waals surface area contributed by atoms with Gasteiger partial charge >= 0.3 is 0 Å². The molecule has 0 radical (unpaired) electrons. The summed E-state index contributed by atoms with van der Waals surface area (Å²) in [6.45, 7) is 4.36. The van der Waals surface area contributed by atoms with Gasteiger partial charge in [0.05, 0.1) is 24.4 Å². The summed E-state index contributed by atoms with van der Waals surface area (Å²) in [5.74, 6) is 1.50. The summed E-state index contributed by atoms with van der Waals surface area (Å²) in [5.41, 5.74) is 2.79. The van der Waals surface area contributed by atoms with Gasteiger partial charge in [0.1, 0.15) is 19.3 Å². The van der Waals surface area contributed by atoms with Crippen molar-refractivity contribution < 1.29 is 19.4 Å². The fraction of sp³-hybridized carbons (Fsp3) is 0.500. The van der Waals surface area contributed by atoms with Crippen LogP contribution >= 0.6 is 0 Å². The molecular weight excluding hydrogens is 360 g/mol. The lowest BCUT2D eigenvalue weighted by Crippen LogP contribution is -2.33. The van der Waals surface area contributed by atoms with E-state index in [9.17, 15) is 9.90 Å². The lowest BCUT2D eigenvalue weighted by atomic mass is 10.1. The number of benzene rings is 1. The standard InChI is InChI=1S/C20H26N4O4/c1-22(2)20(26)11-17(25)16-10-15-13-23(5-6-24(15)21-16)12-14-3-4-18-19(9-14)28-8-7-27-18/h3-4,9-10,17,25H,5-8,11-13H2,1-2H3/t17-/m0/s1. The number of aromatic nitrogens is 2. The molecule has 0 aliphatic carbocycles. The van der Waals surface area contributed by atoms with Crippen molar-refractivity contribution in [1.82, 2.24) is 19.6 Å². The maximum absolute atomic E-state index is 11.8. The largest absolute Gasteiger partial charge is 0.486 e. The number of nitrogens with zero attached hydrogens (tertiary/aromatic N) is 4. The normalized spacial score (nSPS) is 17.1. The third-order valence-electron chi connectivity index (χ3n) is 5.12. The molecule has 2 aliphatic rings. The summed E-state index contributed by atoms with van der Waals surface area (Å²) >= 11 is 0. The van der Waals surface area contributed by atoms with E-state index in [4.69, 9.17) is 9.47 Å². The van der Waals surface area contributed by atoms with Crippen LogP contribution in [0.3, 0.4) is 0 Å². The van der Waals surface area contributed by atoms with Gasteiger partial charge in [-0.15, -0.1) is 0 Å². The zero-order chi connectivity index (χ0) is 19.7. The van der Waals surface area contributed by atoms with E-state index in [0.29, 0.717) is 18.9 Å². The molecule has 8 nitrogen and oxygen atoms in total. The van der Waals surface area contributed by atoms with Crippen molar-refractivity contribution in [3.8, 4) is 11.5 Å². The predicted octanol–water partition coefficient (Wildman–Crippen LogP) is 1.18. The van der Waals surface area contributed by atoms with Gasteiger partial charge in [0.15, 0.2) is 11.5 Å². The summed E-state index contributed by atoms with van der Waals surface area (Å²) in [6.07, 6.45) is -0.830. The van der Waals surface area contributed by atoms with Crippen LogP contribution in [-0.2, 0) is 24.4 Å². The van der Waals surface area contributed by atoms with Gasteiger partial charge in [-0.1, -0.05) is 6.07 Å². The number of hydrogen-bond acceptors (Lipinski definition) is 6. The molecule has 0 unspecified atom stereocenters. The molecule has 0 bridgehead atoms. The zero-order valence-corrected chi connectivity index (χ0v) is 16.3. The molecule has 3 heterocycles. The molecule has 1 amide bonds. The molecular formula is C20H26N4O4. The van der Waals surface area contributed by atoms with Crippen LogP contribution in [0.25, 0.3) is 0 Å². The minimum Gasteiger partial charge on any atom is -0.486 e. The first-order chi connectivity index (χ1) is 13.5. The smallest absolute Gasteiger partial charge is 0.225 e. The third-order valence-corrected chi connectivity index (χ3v) is 5.12. The number of carbonyl (C=O) groups excluding carboxylic acids is 1. The number of aliphatic hydroxyl groups excluding tert-OH is 1. The molecule has 4 rings (SSSR count). The predicted molar refractivity (Wildman–Crippen MR) is 102 cm³/mol. The number of carbonyl (C=O) groups is 1. The first kappa shape index (κ1) is 18.8. The van der Waals surface area contributed by atoms with E-state index in [1.54, 1.807) is 14.1 Å². The average molecular weight is 386 g/mol. The molecule has 2 aliphatic heterocycles. The number of hydrogen-bond donors (Lipinski definition) is 1.